The fraction of sp³-hybridized carbons (Fsp3) is 0.938. The highest BCUT2D eigenvalue weighted by Crippen LogP contribution is 2.16. The first-order chi connectivity index (χ1) is 10.0. The fourth-order valence-corrected chi connectivity index (χ4v) is 2.45. The van der Waals surface area contributed by atoms with Gasteiger partial charge in [-0.2, -0.15) is 5.26 Å². The first-order valence-electron chi connectivity index (χ1n) is 7.91. The Balaban J connectivity index is 4.53. The average molecular weight is 299 g/mol. The Morgan fingerprint density at radius 1 is 1.24 bits per heavy atom. The minimum absolute atomic E-state index is 0.325. The van der Waals surface area contributed by atoms with Crippen molar-refractivity contribution < 1.29 is 9.47 Å². The van der Waals surface area contributed by atoms with Crippen LogP contribution in [0.5, 0.6) is 0 Å². The number of nitriles is 1. The van der Waals surface area contributed by atoms with Gasteiger partial charge in [-0.3, -0.25) is 10.2 Å². The summed E-state index contributed by atoms with van der Waals surface area (Å²) in [6.45, 7) is 10.5. The molecule has 5 nitrogen and oxygen atoms in total. The monoisotopic (exact) mass is 299 g/mol. The molecule has 5 heteroatoms. The lowest BCUT2D eigenvalue weighted by atomic mass is 9.94. The lowest BCUT2D eigenvalue weighted by Crippen LogP contribution is -2.48. The van der Waals surface area contributed by atoms with Crippen LogP contribution in [0.3, 0.4) is 0 Å². The molecule has 0 rings (SSSR count). The third kappa shape index (κ3) is 9.05. The van der Waals surface area contributed by atoms with Crippen LogP contribution in [-0.2, 0) is 9.47 Å². The molecule has 0 spiro atoms. The zero-order valence-corrected chi connectivity index (χ0v) is 14.4. The molecule has 21 heavy (non-hydrogen) atoms. The van der Waals surface area contributed by atoms with E-state index in [1.54, 1.807) is 14.2 Å². The zero-order valence-electron chi connectivity index (χ0n) is 14.4. The fourth-order valence-electron chi connectivity index (χ4n) is 2.45. The molecule has 2 unspecified atom stereocenters. The molecule has 0 radical (unpaired) electrons. The van der Waals surface area contributed by atoms with Crippen LogP contribution in [0.25, 0.3) is 0 Å². The number of rotatable bonds is 13. The molecule has 0 saturated carbocycles. The smallest absolute Gasteiger partial charge is 0.105 e. The third-order valence-electron chi connectivity index (χ3n) is 3.72. The van der Waals surface area contributed by atoms with Crippen molar-refractivity contribution in [2.75, 3.05) is 47.1 Å². The van der Waals surface area contributed by atoms with Gasteiger partial charge in [-0.1, -0.05) is 6.92 Å². The van der Waals surface area contributed by atoms with Crippen molar-refractivity contribution in [3.05, 3.63) is 0 Å². The molecule has 0 aliphatic heterocycles. The molecular formula is C16H33N3O2. The number of ether oxygens (including phenoxy) is 2. The van der Waals surface area contributed by atoms with E-state index in [2.05, 4.69) is 30.1 Å². The summed E-state index contributed by atoms with van der Waals surface area (Å²) in [5.74, 6) is 0. The summed E-state index contributed by atoms with van der Waals surface area (Å²) in [5, 5.41) is 12.8. The second-order valence-corrected chi connectivity index (χ2v) is 5.80. The molecule has 2 atom stereocenters. The van der Waals surface area contributed by atoms with Crippen LogP contribution in [0.2, 0.25) is 0 Å². The molecule has 1 N–H and O–H groups in total. The highest BCUT2D eigenvalue weighted by molar-refractivity contribution is 5.05. The summed E-state index contributed by atoms with van der Waals surface area (Å²) >= 11 is 0. The third-order valence-corrected chi connectivity index (χ3v) is 3.72. The Morgan fingerprint density at radius 3 is 2.43 bits per heavy atom. The zero-order chi connectivity index (χ0) is 16.1. The van der Waals surface area contributed by atoms with Gasteiger partial charge in [0.1, 0.15) is 5.54 Å². The second kappa shape index (κ2) is 11.9. The van der Waals surface area contributed by atoms with E-state index >= 15 is 0 Å². The highest BCUT2D eigenvalue weighted by Gasteiger charge is 2.28. The maximum absolute atomic E-state index is 9.46. The molecule has 0 aliphatic carbocycles. The minimum atomic E-state index is -0.470. The van der Waals surface area contributed by atoms with E-state index in [0.717, 1.165) is 45.5 Å². The van der Waals surface area contributed by atoms with Gasteiger partial charge in [-0.05, 0) is 39.7 Å². The minimum Gasteiger partial charge on any atom is -0.385 e. The first-order valence-corrected chi connectivity index (χ1v) is 7.91. The average Bonchev–Trinajstić information content (AvgIpc) is 2.48. The van der Waals surface area contributed by atoms with Crippen molar-refractivity contribution in [3.63, 3.8) is 0 Å². The number of nitrogens with zero attached hydrogens (tertiary/aromatic N) is 2. The summed E-state index contributed by atoms with van der Waals surface area (Å²) < 4.78 is 10.3. The van der Waals surface area contributed by atoms with Crippen molar-refractivity contribution in [1.82, 2.24) is 10.2 Å². The Labute approximate surface area is 130 Å². The number of hydrogen-bond donors (Lipinski definition) is 1. The molecule has 0 aromatic carbocycles. The van der Waals surface area contributed by atoms with Gasteiger partial charge in [-0.15, -0.1) is 0 Å². The Morgan fingerprint density at radius 2 is 1.90 bits per heavy atom. The van der Waals surface area contributed by atoms with Crippen molar-refractivity contribution in [3.8, 4) is 6.07 Å². The van der Waals surface area contributed by atoms with Gasteiger partial charge in [0.25, 0.3) is 0 Å². The quantitative estimate of drug-likeness (QED) is 0.527. The summed E-state index contributed by atoms with van der Waals surface area (Å²) in [6.07, 6.45) is 2.84. The molecule has 0 fully saturated rings. The molecule has 124 valence electrons. The Kier molecular flexibility index (Phi) is 11.6. The van der Waals surface area contributed by atoms with E-state index in [1.807, 2.05) is 6.92 Å². The molecular weight excluding hydrogens is 266 g/mol. The van der Waals surface area contributed by atoms with Crippen LogP contribution in [0, 0.1) is 11.3 Å². The van der Waals surface area contributed by atoms with E-state index in [-0.39, 0.29) is 0 Å². The van der Waals surface area contributed by atoms with E-state index in [1.165, 1.54) is 0 Å². The van der Waals surface area contributed by atoms with Crippen LogP contribution in [0.15, 0.2) is 0 Å². The second-order valence-electron chi connectivity index (χ2n) is 5.80. The molecule has 0 heterocycles. The molecule has 0 aliphatic rings. The number of hydrogen-bond acceptors (Lipinski definition) is 5. The SMILES string of the molecule is CCCNC(C)(C#N)CC(C)N(CCCOC)CCOC. The molecule has 0 amide bonds. The van der Waals surface area contributed by atoms with Gasteiger partial charge < -0.3 is 9.47 Å². The van der Waals surface area contributed by atoms with E-state index in [0.29, 0.717) is 12.6 Å². The van der Waals surface area contributed by atoms with Crippen LogP contribution in [0.4, 0.5) is 0 Å². The van der Waals surface area contributed by atoms with E-state index < -0.39 is 5.54 Å². The highest BCUT2D eigenvalue weighted by atomic mass is 16.5. The van der Waals surface area contributed by atoms with Gasteiger partial charge in [0, 0.05) is 40.0 Å². The van der Waals surface area contributed by atoms with Crippen LogP contribution in [0.1, 0.15) is 40.0 Å². The van der Waals surface area contributed by atoms with Crippen molar-refractivity contribution >= 4 is 0 Å². The molecule has 0 bridgehead atoms. The van der Waals surface area contributed by atoms with E-state index in [4.69, 9.17) is 9.47 Å². The number of methoxy groups -OCH3 is 2. The van der Waals surface area contributed by atoms with Crippen molar-refractivity contribution in [2.24, 2.45) is 0 Å². The lowest BCUT2D eigenvalue weighted by Gasteiger charge is -2.34. The van der Waals surface area contributed by atoms with Crippen LogP contribution >= 0.6 is 0 Å². The summed E-state index contributed by atoms with van der Waals surface area (Å²) in [5.41, 5.74) is -0.470. The largest absolute Gasteiger partial charge is 0.385 e. The van der Waals surface area contributed by atoms with Gasteiger partial charge >= 0.3 is 0 Å². The predicted octanol–water partition coefficient (Wildman–Crippen LogP) is 2.03. The Bertz CT molecular complexity index is 294. The van der Waals surface area contributed by atoms with Crippen LogP contribution in [-0.4, -0.2) is 63.5 Å². The normalized spacial score (nSPS) is 15.7. The standard InChI is InChI=1S/C16H33N3O2/c1-6-8-18-16(3,14-17)13-15(2)19(10-12-21-5)9-7-11-20-4/h15,18H,6-13H2,1-5H3. The summed E-state index contributed by atoms with van der Waals surface area (Å²) in [4.78, 5) is 2.38. The van der Waals surface area contributed by atoms with Crippen LogP contribution < -0.4 is 5.32 Å². The van der Waals surface area contributed by atoms with Gasteiger partial charge in [0.05, 0.1) is 12.7 Å². The number of nitrogens with one attached hydrogen (secondary N) is 1. The van der Waals surface area contributed by atoms with Crippen molar-refractivity contribution in [2.45, 2.75) is 51.6 Å². The Hall–Kier alpha value is -0.670. The van der Waals surface area contributed by atoms with Gasteiger partial charge in [0.15, 0.2) is 0 Å². The lowest BCUT2D eigenvalue weighted by molar-refractivity contribution is 0.101. The topological polar surface area (TPSA) is 57.5 Å². The first kappa shape index (κ1) is 20.3. The maximum atomic E-state index is 9.46. The van der Waals surface area contributed by atoms with Gasteiger partial charge in [-0.25, -0.2) is 0 Å². The summed E-state index contributed by atoms with van der Waals surface area (Å²) in [7, 11) is 3.45. The maximum Gasteiger partial charge on any atom is 0.105 e. The molecule has 0 aromatic heterocycles. The predicted molar refractivity (Wildman–Crippen MR) is 86.3 cm³/mol. The van der Waals surface area contributed by atoms with Gasteiger partial charge in [0.2, 0.25) is 0 Å². The van der Waals surface area contributed by atoms with Crippen molar-refractivity contribution in [1.29, 1.82) is 5.26 Å². The summed E-state index contributed by atoms with van der Waals surface area (Å²) in [6, 6.07) is 2.75. The molecule has 0 saturated heterocycles. The molecule has 0 aromatic rings. The van der Waals surface area contributed by atoms with E-state index in [9.17, 15) is 5.26 Å².